The van der Waals surface area contributed by atoms with Crippen LogP contribution in [0.2, 0.25) is 0 Å². The molecule has 21 heavy (non-hydrogen) atoms. The fourth-order valence-electron chi connectivity index (χ4n) is 1.52. The zero-order valence-corrected chi connectivity index (χ0v) is 11.5. The Hall–Kier alpha value is -2.58. The van der Waals surface area contributed by atoms with Crippen LogP contribution in [0.5, 0.6) is 0 Å². The van der Waals surface area contributed by atoms with Crippen LogP contribution >= 0.6 is 0 Å². The largest absolute Gasteiger partial charge is 0.548 e. The molecule has 1 saturated heterocycles. The fraction of sp³-hybridized carbons (Fsp3) is 0.500. The lowest BCUT2D eigenvalue weighted by atomic mass is 10.1. The Morgan fingerprint density at radius 2 is 1.86 bits per heavy atom. The van der Waals surface area contributed by atoms with Crippen LogP contribution in [-0.2, 0) is 28.7 Å². The van der Waals surface area contributed by atoms with Crippen LogP contribution < -0.4 is 16.2 Å². The van der Waals surface area contributed by atoms with Crippen LogP contribution in [0, 0.1) is 0 Å². The molecule has 0 radical (unpaired) electrons. The SMILES string of the molecule is CC1(C)OC(=O)C(=CNC(CCC(N)=O)C(=O)[O-])C(=O)O1. The highest BCUT2D eigenvalue weighted by Gasteiger charge is 2.39. The van der Waals surface area contributed by atoms with Crippen LogP contribution in [0.15, 0.2) is 11.8 Å². The molecule has 0 bridgehead atoms. The Bertz CT molecular complexity index is 488. The molecular weight excluding hydrogens is 284 g/mol. The monoisotopic (exact) mass is 299 g/mol. The minimum absolute atomic E-state index is 0.156. The molecule has 3 N–H and O–H groups in total. The highest BCUT2D eigenvalue weighted by molar-refractivity contribution is 6.15. The Kier molecular flexibility index (Phi) is 4.90. The first-order valence-electron chi connectivity index (χ1n) is 6.04. The number of ether oxygens (including phenoxy) is 2. The maximum Gasteiger partial charge on any atom is 0.350 e. The fourth-order valence-corrected chi connectivity index (χ4v) is 1.52. The highest BCUT2D eigenvalue weighted by Crippen LogP contribution is 2.22. The Morgan fingerprint density at radius 1 is 1.33 bits per heavy atom. The van der Waals surface area contributed by atoms with E-state index < -0.39 is 41.2 Å². The third-order valence-corrected chi connectivity index (χ3v) is 2.51. The molecule has 1 amide bonds. The molecule has 0 spiro atoms. The number of rotatable bonds is 6. The number of nitrogens with one attached hydrogen (secondary N) is 1. The maximum absolute atomic E-state index is 11.6. The van der Waals surface area contributed by atoms with Gasteiger partial charge in [-0.3, -0.25) is 4.79 Å². The van der Waals surface area contributed by atoms with Gasteiger partial charge in [-0.1, -0.05) is 0 Å². The summed E-state index contributed by atoms with van der Waals surface area (Å²) in [6.07, 6.45) is 0.509. The van der Waals surface area contributed by atoms with Crippen molar-refractivity contribution >= 4 is 23.8 Å². The molecule has 1 atom stereocenters. The molecule has 1 aliphatic rings. The van der Waals surface area contributed by atoms with Crippen LogP contribution in [0.25, 0.3) is 0 Å². The molecule has 9 heteroatoms. The summed E-state index contributed by atoms with van der Waals surface area (Å²) in [7, 11) is 0. The van der Waals surface area contributed by atoms with E-state index in [0.29, 0.717) is 0 Å². The highest BCUT2D eigenvalue weighted by atomic mass is 16.7. The summed E-state index contributed by atoms with van der Waals surface area (Å²) in [4.78, 5) is 44.7. The van der Waals surface area contributed by atoms with Crippen molar-refractivity contribution in [1.29, 1.82) is 0 Å². The van der Waals surface area contributed by atoms with E-state index in [1.807, 2.05) is 0 Å². The predicted molar refractivity (Wildman–Crippen MR) is 64.7 cm³/mol. The second-order valence-corrected chi connectivity index (χ2v) is 4.78. The average molecular weight is 299 g/mol. The van der Waals surface area contributed by atoms with E-state index in [-0.39, 0.29) is 12.8 Å². The number of hydrogen-bond acceptors (Lipinski definition) is 8. The maximum atomic E-state index is 11.6. The van der Waals surface area contributed by atoms with Crippen molar-refractivity contribution in [2.45, 2.75) is 38.5 Å². The van der Waals surface area contributed by atoms with E-state index in [0.717, 1.165) is 6.20 Å². The second kappa shape index (κ2) is 6.25. The van der Waals surface area contributed by atoms with Gasteiger partial charge in [0.05, 0.1) is 12.0 Å². The van der Waals surface area contributed by atoms with Crippen LogP contribution in [-0.4, -0.2) is 35.6 Å². The van der Waals surface area contributed by atoms with E-state index in [2.05, 4.69) is 5.32 Å². The second-order valence-electron chi connectivity index (χ2n) is 4.78. The standard InChI is InChI=1S/C12H16N2O7/c1-12(2)20-10(18)6(11(19)21-12)5-14-7(9(16)17)3-4-8(13)15/h5,7,14H,3-4H2,1-2H3,(H2,13,15)(H,16,17)/p-1. The first-order chi connectivity index (χ1) is 9.62. The van der Waals surface area contributed by atoms with E-state index >= 15 is 0 Å². The van der Waals surface area contributed by atoms with Gasteiger partial charge in [-0.25, -0.2) is 9.59 Å². The van der Waals surface area contributed by atoms with Crippen LogP contribution in [0.4, 0.5) is 0 Å². The number of amides is 1. The number of aliphatic carboxylic acids is 1. The van der Waals surface area contributed by atoms with Crippen molar-refractivity contribution < 1.29 is 33.8 Å². The van der Waals surface area contributed by atoms with Crippen molar-refractivity contribution in [3.05, 3.63) is 11.8 Å². The summed E-state index contributed by atoms with van der Waals surface area (Å²) in [6.45, 7) is 2.76. The Labute approximate surface area is 120 Å². The summed E-state index contributed by atoms with van der Waals surface area (Å²) in [5.41, 5.74) is 4.42. The summed E-state index contributed by atoms with van der Waals surface area (Å²) >= 11 is 0. The number of cyclic esters (lactones) is 2. The zero-order valence-electron chi connectivity index (χ0n) is 11.5. The van der Waals surface area contributed by atoms with Crippen molar-refractivity contribution in [2.75, 3.05) is 0 Å². The molecular formula is C12H15N2O7-. The lowest BCUT2D eigenvalue weighted by molar-refractivity contribution is -0.308. The van der Waals surface area contributed by atoms with Crippen molar-refractivity contribution in [3.63, 3.8) is 0 Å². The number of esters is 2. The summed E-state index contributed by atoms with van der Waals surface area (Å²) < 4.78 is 9.64. The van der Waals surface area contributed by atoms with Crippen LogP contribution in [0.1, 0.15) is 26.7 Å². The van der Waals surface area contributed by atoms with E-state index in [4.69, 9.17) is 15.2 Å². The van der Waals surface area contributed by atoms with Gasteiger partial charge in [-0.2, -0.15) is 0 Å². The molecule has 1 aliphatic heterocycles. The minimum atomic E-state index is -1.51. The van der Waals surface area contributed by atoms with E-state index in [1.54, 1.807) is 0 Å². The van der Waals surface area contributed by atoms with Gasteiger partial charge in [0, 0.05) is 26.5 Å². The zero-order chi connectivity index (χ0) is 16.2. The quantitative estimate of drug-likeness (QED) is 0.315. The number of carboxylic acids is 1. The Balaban J connectivity index is 2.77. The third kappa shape index (κ3) is 4.79. The number of primary amides is 1. The predicted octanol–water partition coefficient (Wildman–Crippen LogP) is -2.32. The molecule has 1 rings (SSSR count). The van der Waals surface area contributed by atoms with E-state index in [1.165, 1.54) is 13.8 Å². The molecule has 0 aromatic rings. The van der Waals surface area contributed by atoms with Gasteiger partial charge in [-0.15, -0.1) is 0 Å². The van der Waals surface area contributed by atoms with Gasteiger partial charge in [0.25, 0.3) is 5.79 Å². The molecule has 1 unspecified atom stereocenters. The lowest BCUT2D eigenvalue weighted by Crippen LogP contribution is -2.46. The third-order valence-electron chi connectivity index (χ3n) is 2.51. The lowest BCUT2D eigenvalue weighted by Gasteiger charge is -2.30. The summed E-state index contributed by atoms with van der Waals surface area (Å²) in [5, 5.41) is 13.2. The summed E-state index contributed by atoms with van der Waals surface area (Å²) in [6, 6.07) is -1.29. The molecule has 0 saturated carbocycles. The van der Waals surface area contributed by atoms with E-state index in [9.17, 15) is 24.3 Å². The average Bonchev–Trinajstić information content (AvgIpc) is 2.29. The summed E-state index contributed by atoms with van der Waals surface area (Å²) in [5.74, 6) is -5.47. The van der Waals surface area contributed by atoms with Gasteiger partial charge in [0.15, 0.2) is 5.57 Å². The number of nitrogens with two attached hydrogens (primary N) is 1. The topological polar surface area (TPSA) is 148 Å². The van der Waals surface area contributed by atoms with Crippen molar-refractivity contribution in [3.8, 4) is 0 Å². The van der Waals surface area contributed by atoms with Crippen LogP contribution in [0.3, 0.4) is 0 Å². The molecule has 0 aromatic carbocycles. The number of hydrogen-bond donors (Lipinski definition) is 2. The molecule has 9 nitrogen and oxygen atoms in total. The molecule has 116 valence electrons. The normalized spacial score (nSPS) is 18.3. The first-order valence-corrected chi connectivity index (χ1v) is 6.04. The van der Waals surface area contributed by atoms with Crippen molar-refractivity contribution in [2.24, 2.45) is 5.73 Å². The number of carbonyl (C=O) groups excluding carboxylic acids is 4. The smallest absolute Gasteiger partial charge is 0.350 e. The molecule has 0 aliphatic carbocycles. The molecule has 1 fully saturated rings. The molecule has 1 heterocycles. The van der Waals surface area contributed by atoms with Gasteiger partial charge in [0.2, 0.25) is 5.91 Å². The van der Waals surface area contributed by atoms with Gasteiger partial charge in [0.1, 0.15) is 0 Å². The minimum Gasteiger partial charge on any atom is -0.548 e. The number of carbonyl (C=O) groups is 4. The number of carboxylic acid groups (broad SMARTS) is 1. The van der Waals surface area contributed by atoms with Gasteiger partial charge < -0.3 is 30.4 Å². The molecule has 0 aromatic heterocycles. The van der Waals surface area contributed by atoms with Gasteiger partial charge in [-0.05, 0) is 6.42 Å². The Morgan fingerprint density at radius 3 is 2.29 bits per heavy atom. The van der Waals surface area contributed by atoms with Gasteiger partial charge >= 0.3 is 11.9 Å². The first kappa shape index (κ1) is 16.5. The van der Waals surface area contributed by atoms with Crippen molar-refractivity contribution in [1.82, 2.24) is 5.32 Å².